The van der Waals surface area contributed by atoms with Crippen molar-refractivity contribution in [1.82, 2.24) is 10.5 Å². The van der Waals surface area contributed by atoms with E-state index >= 15 is 0 Å². The molecule has 1 aliphatic carbocycles. The van der Waals surface area contributed by atoms with Gasteiger partial charge < -0.3 is 14.9 Å². The van der Waals surface area contributed by atoms with Crippen molar-refractivity contribution in [1.29, 1.82) is 0 Å². The minimum atomic E-state index is -0.602. The SMILES string of the molecule is Cc1cc(C(=O)N[C@@H]2c3ccccc3C[C@@H]2O)no1. The number of aromatic nitrogens is 1. The number of rotatable bonds is 2. The zero-order valence-electron chi connectivity index (χ0n) is 10.5. The summed E-state index contributed by atoms with van der Waals surface area (Å²) >= 11 is 0. The van der Waals surface area contributed by atoms with E-state index in [9.17, 15) is 9.90 Å². The molecule has 1 aromatic carbocycles. The van der Waals surface area contributed by atoms with Crippen LogP contribution in [-0.2, 0) is 6.42 Å². The summed E-state index contributed by atoms with van der Waals surface area (Å²) in [5, 5.41) is 16.5. The molecule has 1 aliphatic rings. The summed E-state index contributed by atoms with van der Waals surface area (Å²) in [4.78, 5) is 12.0. The maximum Gasteiger partial charge on any atom is 0.274 e. The number of hydrogen-bond acceptors (Lipinski definition) is 4. The van der Waals surface area contributed by atoms with Gasteiger partial charge in [-0.1, -0.05) is 29.4 Å². The Bertz CT molecular complexity index is 621. The maximum absolute atomic E-state index is 12.0. The van der Waals surface area contributed by atoms with Gasteiger partial charge in [0.2, 0.25) is 0 Å². The summed E-state index contributed by atoms with van der Waals surface area (Å²) in [6.45, 7) is 1.73. The van der Waals surface area contributed by atoms with Crippen LogP contribution in [0.15, 0.2) is 34.9 Å². The van der Waals surface area contributed by atoms with E-state index in [1.165, 1.54) is 0 Å². The van der Waals surface area contributed by atoms with Crippen LogP contribution in [0.2, 0.25) is 0 Å². The number of aliphatic hydroxyl groups is 1. The second kappa shape index (κ2) is 4.51. The summed E-state index contributed by atoms with van der Waals surface area (Å²) in [6.07, 6.45) is -0.0479. The molecule has 0 aliphatic heterocycles. The van der Waals surface area contributed by atoms with Crippen molar-refractivity contribution < 1.29 is 14.4 Å². The van der Waals surface area contributed by atoms with Crippen LogP contribution >= 0.6 is 0 Å². The molecule has 0 unspecified atom stereocenters. The zero-order valence-corrected chi connectivity index (χ0v) is 10.5. The van der Waals surface area contributed by atoms with E-state index < -0.39 is 6.10 Å². The van der Waals surface area contributed by atoms with Crippen molar-refractivity contribution in [2.75, 3.05) is 0 Å². The first-order chi connectivity index (χ1) is 9.15. The van der Waals surface area contributed by atoms with Crippen LogP contribution in [0.5, 0.6) is 0 Å². The molecule has 5 heteroatoms. The van der Waals surface area contributed by atoms with Crippen LogP contribution in [-0.4, -0.2) is 22.3 Å². The molecule has 5 nitrogen and oxygen atoms in total. The Hall–Kier alpha value is -2.14. The monoisotopic (exact) mass is 258 g/mol. The summed E-state index contributed by atoms with van der Waals surface area (Å²) in [5.41, 5.74) is 2.26. The zero-order chi connectivity index (χ0) is 13.4. The van der Waals surface area contributed by atoms with Crippen LogP contribution in [0, 0.1) is 6.92 Å². The van der Waals surface area contributed by atoms with E-state index in [0.29, 0.717) is 12.2 Å². The number of aliphatic hydroxyl groups excluding tert-OH is 1. The lowest BCUT2D eigenvalue weighted by Gasteiger charge is -2.16. The van der Waals surface area contributed by atoms with Crippen LogP contribution in [0.25, 0.3) is 0 Å². The highest BCUT2D eigenvalue weighted by Crippen LogP contribution is 2.31. The van der Waals surface area contributed by atoms with E-state index in [1.54, 1.807) is 13.0 Å². The van der Waals surface area contributed by atoms with E-state index in [4.69, 9.17) is 4.52 Å². The van der Waals surface area contributed by atoms with E-state index in [0.717, 1.165) is 11.1 Å². The maximum atomic E-state index is 12.0. The van der Waals surface area contributed by atoms with E-state index in [1.807, 2.05) is 24.3 Å². The molecule has 0 saturated heterocycles. The first-order valence-corrected chi connectivity index (χ1v) is 6.15. The second-order valence-electron chi connectivity index (χ2n) is 4.74. The normalized spacial score (nSPS) is 21.2. The predicted molar refractivity (Wildman–Crippen MR) is 67.6 cm³/mol. The van der Waals surface area contributed by atoms with Gasteiger partial charge in [0.05, 0.1) is 12.1 Å². The Morgan fingerprint density at radius 3 is 3.00 bits per heavy atom. The van der Waals surface area contributed by atoms with Crippen molar-refractivity contribution in [3.05, 3.63) is 52.9 Å². The average molecular weight is 258 g/mol. The molecule has 3 rings (SSSR count). The van der Waals surface area contributed by atoms with Gasteiger partial charge in [0.1, 0.15) is 5.76 Å². The molecule has 1 amide bonds. The molecule has 0 saturated carbocycles. The van der Waals surface area contributed by atoms with Crippen LogP contribution < -0.4 is 5.32 Å². The highest BCUT2D eigenvalue weighted by atomic mass is 16.5. The molecule has 19 heavy (non-hydrogen) atoms. The predicted octanol–water partition coefficient (Wildman–Crippen LogP) is 1.37. The molecular weight excluding hydrogens is 244 g/mol. The second-order valence-corrected chi connectivity index (χ2v) is 4.74. The van der Waals surface area contributed by atoms with E-state index in [2.05, 4.69) is 10.5 Å². The number of amides is 1. The van der Waals surface area contributed by atoms with Crippen molar-refractivity contribution in [2.45, 2.75) is 25.5 Å². The van der Waals surface area contributed by atoms with Crippen LogP contribution in [0.1, 0.15) is 33.4 Å². The number of nitrogens with one attached hydrogen (secondary N) is 1. The van der Waals surface area contributed by atoms with Gasteiger partial charge in [-0.25, -0.2) is 0 Å². The summed E-state index contributed by atoms with van der Waals surface area (Å²) in [6, 6.07) is 8.89. The first-order valence-electron chi connectivity index (χ1n) is 6.15. The lowest BCUT2D eigenvalue weighted by atomic mass is 10.1. The molecule has 0 bridgehead atoms. The molecule has 1 aromatic heterocycles. The highest BCUT2D eigenvalue weighted by molar-refractivity contribution is 5.92. The molecule has 2 aromatic rings. The minimum Gasteiger partial charge on any atom is -0.390 e. The van der Waals surface area contributed by atoms with Gasteiger partial charge in [-0.2, -0.15) is 0 Å². The number of hydrogen-bond donors (Lipinski definition) is 2. The lowest BCUT2D eigenvalue weighted by molar-refractivity contribution is 0.0849. The number of carbonyl (C=O) groups is 1. The van der Waals surface area contributed by atoms with Gasteiger partial charge in [-0.15, -0.1) is 0 Å². The van der Waals surface area contributed by atoms with Gasteiger partial charge in [-0.05, 0) is 18.1 Å². The lowest BCUT2D eigenvalue weighted by Crippen LogP contribution is -2.34. The molecule has 0 fully saturated rings. The first kappa shape index (κ1) is 11.9. The molecule has 0 radical (unpaired) electrons. The highest BCUT2D eigenvalue weighted by Gasteiger charge is 2.32. The standard InChI is InChI=1S/C14H14N2O3/c1-8-6-11(16-19-8)14(18)15-13-10-5-3-2-4-9(10)7-12(13)17/h2-6,12-13,17H,7H2,1H3,(H,15,18)/t12-,13+/m0/s1. The minimum absolute atomic E-state index is 0.231. The Morgan fingerprint density at radius 1 is 1.47 bits per heavy atom. The van der Waals surface area contributed by atoms with Crippen molar-refractivity contribution >= 4 is 5.91 Å². The fourth-order valence-electron chi connectivity index (χ4n) is 2.44. The Balaban J connectivity index is 1.82. The van der Waals surface area contributed by atoms with E-state index in [-0.39, 0.29) is 17.6 Å². The fraction of sp³-hybridized carbons (Fsp3) is 0.286. The smallest absolute Gasteiger partial charge is 0.274 e. The van der Waals surface area contributed by atoms with Gasteiger partial charge in [-0.3, -0.25) is 4.79 Å². The van der Waals surface area contributed by atoms with Crippen LogP contribution in [0.4, 0.5) is 0 Å². The van der Waals surface area contributed by atoms with Crippen molar-refractivity contribution in [3.63, 3.8) is 0 Å². The van der Waals surface area contributed by atoms with Gasteiger partial charge in [0.25, 0.3) is 5.91 Å². The fourth-order valence-corrected chi connectivity index (χ4v) is 2.44. The third kappa shape index (κ3) is 2.13. The Morgan fingerprint density at radius 2 is 2.26 bits per heavy atom. The van der Waals surface area contributed by atoms with Crippen molar-refractivity contribution in [2.24, 2.45) is 0 Å². The third-order valence-corrected chi connectivity index (χ3v) is 3.35. The van der Waals surface area contributed by atoms with Gasteiger partial charge >= 0.3 is 0 Å². The van der Waals surface area contributed by atoms with Crippen molar-refractivity contribution in [3.8, 4) is 0 Å². The summed E-state index contributed by atoms with van der Waals surface area (Å²) < 4.78 is 4.87. The average Bonchev–Trinajstić information content (AvgIpc) is 2.95. The third-order valence-electron chi connectivity index (χ3n) is 3.35. The number of carbonyl (C=O) groups excluding carboxylic acids is 1. The summed E-state index contributed by atoms with van der Waals surface area (Å²) in [5.74, 6) is 0.245. The van der Waals surface area contributed by atoms with Crippen LogP contribution in [0.3, 0.4) is 0 Å². The number of nitrogens with zero attached hydrogens (tertiary/aromatic N) is 1. The number of fused-ring (bicyclic) bond motifs is 1. The summed E-state index contributed by atoms with van der Waals surface area (Å²) in [7, 11) is 0. The molecule has 0 spiro atoms. The molecule has 1 heterocycles. The number of aryl methyl sites for hydroxylation is 1. The quantitative estimate of drug-likeness (QED) is 0.853. The van der Waals surface area contributed by atoms with Gasteiger partial charge in [0, 0.05) is 12.5 Å². The topological polar surface area (TPSA) is 75.4 Å². The van der Waals surface area contributed by atoms with Gasteiger partial charge in [0.15, 0.2) is 5.69 Å². The largest absolute Gasteiger partial charge is 0.390 e. The molecule has 98 valence electrons. The Kier molecular flexibility index (Phi) is 2.83. The Labute approximate surface area is 110 Å². The molecule has 2 atom stereocenters. The molecular formula is C14H14N2O3. The number of benzene rings is 1. The molecule has 2 N–H and O–H groups in total.